The van der Waals surface area contributed by atoms with Crippen molar-refractivity contribution in [2.45, 2.75) is 202 Å². The van der Waals surface area contributed by atoms with Gasteiger partial charge >= 0.3 is 5.36 Å². The normalized spacial score (nSPS) is 37.1. The SMILES string of the molecule is CC[C@@]1(O[C@@H]2C[C@@H](OC)[C@H](O)[C@@H](C)O2)[C@H](O[C@@H]2C[C@H](O)[C@@H](N(C)C)[C@H](C)O2)C2=CC3=C(C(=O)c4c(O)ccc(O)c4C3=O)C2=C(O)[C@@H]1[C@H]1C(=O)c2c(c(=[N+]=[N-])c3c(O)c4c(=O)ccc(=O)c4c(O)c23)[C@@H](O[C@@H]2C[C@H](O)[C@@H](N(C)C)[C@H](C)O2)[C@@]1(CC)O[C@@H]1C[C@@H](OC)[C@H](O)[C@@H](C)O1. The van der Waals surface area contributed by atoms with Crippen LogP contribution in [0, 0.1) is 11.8 Å². The number of carbonyl (C=O) groups excluding carboxylic acids is 3. The molecule has 28 nitrogen and oxygen atoms in total. The molecule has 4 aliphatic carbocycles. The van der Waals surface area contributed by atoms with Crippen LogP contribution in [0.3, 0.4) is 0 Å². The van der Waals surface area contributed by atoms with Crippen LogP contribution in [0.5, 0.6) is 23.0 Å². The molecule has 0 saturated carbocycles. The van der Waals surface area contributed by atoms with E-state index in [-0.39, 0.29) is 31.3 Å². The largest absolute Gasteiger partial charge is 0.511 e. The van der Waals surface area contributed by atoms with Gasteiger partial charge in [0, 0.05) is 67.6 Å². The number of hydrogen-bond acceptors (Lipinski definition) is 26. The van der Waals surface area contributed by atoms with Crippen LogP contribution in [0.2, 0.25) is 0 Å². The second kappa shape index (κ2) is 25.5. The van der Waals surface area contributed by atoms with Gasteiger partial charge in [-0.2, -0.15) is 4.79 Å². The van der Waals surface area contributed by atoms with Gasteiger partial charge in [0.25, 0.3) is 0 Å². The van der Waals surface area contributed by atoms with Gasteiger partial charge in [-0.25, -0.2) is 0 Å². The highest BCUT2D eigenvalue weighted by atomic mass is 16.7. The summed E-state index contributed by atoms with van der Waals surface area (Å²) in [6.07, 6.45) is -21.5. The number of allylic oxidation sites excluding steroid dienone is 3. The van der Waals surface area contributed by atoms with Gasteiger partial charge in [0.1, 0.15) is 69.8 Å². The third-order valence-corrected chi connectivity index (χ3v) is 21.4. The zero-order chi connectivity index (χ0) is 69.5. The number of phenolic OH excluding ortho intramolecular Hbond substituents is 4. The van der Waals surface area contributed by atoms with Crippen molar-refractivity contribution in [2.24, 2.45) is 11.8 Å². The van der Waals surface area contributed by atoms with Crippen LogP contribution in [0.15, 0.2) is 68.0 Å². The smallest absolute Gasteiger partial charge is 0.333 e. The molecular weight excluding hydrogens is 1260 g/mol. The fourth-order valence-electron chi connectivity index (χ4n) is 17.0. The first kappa shape index (κ1) is 69.1. The molecule has 4 saturated heterocycles. The Kier molecular flexibility index (Phi) is 18.4. The Hall–Kier alpha value is -6.77. The van der Waals surface area contributed by atoms with E-state index in [4.69, 9.17) is 47.4 Å². The number of hydrogen-bond donors (Lipinski definition) is 9. The summed E-state index contributed by atoms with van der Waals surface area (Å²) in [7, 11) is 9.65. The molecule has 0 amide bonds. The maximum absolute atomic E-state index is 17.8. The van der Waals surface area contributed by atoms with E-state index in [1.165, 1.54) is 27.2 Å². The molecule has 4 aliphatic heterocycles. The molecule has 8 aliphatic rings. The maximum Gasteiger partial charge on any atom is 0.333 e. The van der Waals surface area contributed by atoms with Crippen molar-refractivity contribution in [3.8, 4) is 23.0 Å². The average molecular weight is 1340 g/mol. The molecule has 0 unspecified atom stereocenters. The molecule has 4 aromatic carbocycles. The first-order valence-electron chi connectivity index (χ1n) is 32.3. The summed E-state index contributed by atoms with van der Waals surface area (Å²) in [5.74, 6) is -12.0. The number of aromatic hydroxyl groups is 4. The van der Waals surface area contributed by atoms with E-state index in [0.29, 0.717) is 0 Å². The van der Waals surface area contributed by atoms with Crippen LogP contribution in [0.1, 0.15) is 123 Å². The third kappa shape index (κ3) is 10.4. The summed E-state index contributed by atoms with van der Waals surface area (Å²) in [5.41, 5.74) is 0.784. The van der Waals surface area contributed by atoms with Crippen LogP contribution >= 0.6 is 0 Å². The number of ketones is 3. The van der Waals surface area contributed by atoms with E-state index >= 15 is 14.4 Å². The van der Waals surface area contributed by atoms with Gasteiger partial charge in [0.05, 0.1) is 100 Å². The summed E-state index contributed by atoms with van der Waals surface area (Å²) in [6.45, 7) is 9.63. The molecular formula is C68H82N4O24. The van der Waals surface area contributed by atoms with E-state index in [1.807, 2.05) is 0 Å². The summed E-state index contributed by atoms with van der Waals surface area (Å²) < 4.78 is 67.8. The number of carbonyl (C=O) groups is 3. The molecule has 22 atom stereocenters. The first-order valence-corrected chi connectivity index (χ1v) is 32.3. The van der Waals surface area contributed by atoms with E-state index in [2.05, 4.69) is 4.79 Å². The number of ether oxygens (including phenoxy) is 10. The van der Waals surface area contributed by atoms with Crippen molar-refractivity contribution in [2.75, 3.05) is 42.4 Å². The summed E-state index contributed by atoms with van der Waals surface area (Å²) in [6, 6.07) is 2.48. The molecule has 0 bridgehead atoms. The lowest BCUT2D eigenvalue weighted by Gasteiger charge is -2.59. The Morgan fingerprint density at radius 3 is 1.46 bits per heavy atom. The lowest BCUT2D eigenvalue weighted by Crippen LogP contribution is -2.68. The van der Waals surface area contributed by atoms with Crippen LogP contribution in [-0.2, 0) is 47.4 Å². The van der Waals surface area contributed by atoms with Gasteiger partial charge in [-0.1, -0.05) is 13.8 Å². The highest BCUT2D eigenvalue weighted by molar-refractivity contribution is 6.33. The van der Waals surface area contributed by atoms with E-state index < -0.39 is 269 Å². The molecule has 4 heterocycles. The lowest BCUT2D eigenvalue weighted by molar-refractivity contribution is -0.351. The number of aliphatic hydroxyl groups is 5. The van der Waals surface area contributed by atoms with Crippen molar-refractivity contribution in [1.82, 2.24) is 9.80 Å². The van der Waals surface area contributed by atoms with Crippen LogP contribution in [0.25, 0.3) is 27.1 Å². The molecule has 28 heteroatoms. The quantitative estimate of drug-likeness (QED) is 0.0469. The highest BCUT2D eigenvalue weighted by Gasteiger charge is 2.71. The first-order chi connectivity index (χ1) is 45.5. The monoisotopic (exact) mass is 1340 g/mol. The third-order valence-electron chi connectivity index (χ3n) is 21.4. The number of benzene rings is 3. The second-order valence-electron chi connectivity index (χ2n) is 27.0. The summed E-state index contributed by atoms with van der Waals surface area (Å²) >= 11 is 0. The minimum absolute atomic E-state index is 0.155. The second-order valence-corrected chi connectivity index (χ2v) is 27.0. The summed E-state index contributed by atoms with van der Waals surface area (Å²) in [4.78, 5) is 84.0. The fourth-order valence-corrected chi connectivity index (χ4v) is 17.0. The van der Waals surface area contributed by atoms with E-state index in [1.54, 1.807) is 72.6 Å². The highest BCUT2D eigenvalue weighted by Crippen LogP contribution is 2.64. The topological polar surface area (TPSA) is 403 Å². The van der Waals surface area contributed by atoms with Crippen molar-refractivity contribution < 1.29 is 113 Å². The Balaban J connectivity index is 1.23. The number of Topliss-reactive ketones (excluding diaryl/α,β-unsaturated/α-hetero) is 3. The maximum atomic E-state index is 17.8. The summed E-state index contributed by atoms with van der Waals surface area (Å²) in [5, 5.41) is 107. The minimum Gasteiger partial charge on any atom is -0.511 e. The van der Waals surface area contributed by atoms with Gasteiger partial charge in [-0.3, -0.25) is 24.0 Å². The Bertz CT molecular complexity index is 4110. The van der Waals surface area contributed by atoms with Crippen LogP contribution in [-0.4, -0.2) is 236 Å². The zero-order valence-electron chi connectivity index (χ0n) is 55.1. The predicted molar refractivity (Wildman–Crippen MR) is 334 cm³/mol. The minimum atomic E-state index is -2.56. The van der Waals surface area contributed by atoms with Crippen LogP contribution < -0.4 is 16.2 Å². The number of methoxy groups -OCH3 is 2. The number of fused-ring (bicyclic) bond motifs is 7. The molecule has 12 rings (SSSR count). The molecule has 518 valence electrons. The number of aliphatic hydroxyl groups excluding tert-OH is 5. The number of rotatable bonds is 15. The average Bonchev–Trinajstić information content (AvgIpc) is 1.39. The Morgan fingerprint density at radius 2 is 1.01 bits per heavy atom. The zero-order valence-corrected chi connectivity index (χ0v) is 55.1. The predicted octanol–water partition coefficient (Wildman–Crippen LogP) is 2.76. The van der Waals surface area contributed by atoms with Crippen molar-refractivity contribution in [3.63, 3.8) is 0 Å². The van der Waals surface area contributed by atoms with Gasteiger partial charge in [0.15, 0.2) is 53.4 Å². The molecule has 4 aromatic rings. The van der Waals surface area contributed by atoms with Gasteiger partial charge < -0.3 is 109 Å². The van der Waals surface area contributed by atoms with Gasteiger partial charge in [-0.15, -0.1) is 0 Å². The number of nitrogens with zero attached hydrogens (tertiary/aromatic N) is 4. The standard InChI is InChI=1S/C68H82N4O24/c1-13-67(95-40-22-36(87-11)57(79)26(5)91-40)52(63(85)43-29(65(67)93-38-20-34(77)55(71(7)8)24(3)89-38)19-28-42(43)60(82)45-31(74)16-15-30(73)44(45)59(28)81)53-64(86)49-48-50(62(84)47-33(76)18-17-32(75)46(47)61(48)83)54(70-69)51(49)66(94-39-21-35(78)56(72(9)10)25(4)90-39)68(53,14-2)96-41-23-37(88-12)58(80)27(6)92-41/h15-19,24-27,34-41,52-53,55-58,65-66,73-74,77-80,83-85H,13-14,20-23H2,1-12H3/t24-,25-,26+,27+,34-,35-,36+,37+,38+,39+,40+,41+,52-,53-,55-,56-,57+,58+,65+,66+,67-,68-/m0/s1. The lowest BCUT2D eigenvalue weighted by atomic mass is 9.55. The molecule has 4 fully saturated rings. The molecule has 9 N–H and O–H groups in total. The van der Waals surface area contributed by atoms with Gasteiger partial charge in [-0.05, 0) is 105 Å². The molecule has 0 spiro atoms. The Labute approximate surface area is 550 Å². The van der Waals surface area contributed by atoms with Crippen molar-refractivity contribution in [3.05, 3.63) is 112 Å². The fraction of sp³-hybridized carbons (Fsp3) is 0.588. The van der Waals surface area contributed by atoms with Crippen LogP contribution in [0.4, 0.5) is 0 Å². The number of likely N-dealkylation sites (N-methyl/N-ethyl adjacent to an activating group) is 2. The Morgan fingerprint density at radius 1 is 0.562 bits per heavy atom. The van der Waals surface area contributed by atoms with Crippen molar-refractivity contribution >= 4 is 38.9 Å². The van der Waals surface area contributed by atoms with Gasteiger partial charge in [0.2, 0.25) is 0 Å². The molecule has 0 aromatic heterocycles. The number of phenols is 4. The molecule has 0 radical (unpaired) electrons. The molecule has 96 heavy (non-hydrogen) atoms. The van der Waals surface area contributed by atoms with E-state index in [0.717, 1.165) is 24.3 Å². The van der Waals surface area contributed by atoms with E-state index in [9.17, 15) is 61.1 Å². The van der Waals surface area contributed by atoms with Crippen molar-refractivity contribution in [1.29, 1.82) is 0 Å².